The van der Waals surface area contributed by atoms with Crippen molar-refractivity contribution in [3.63, 3.8) is 0 Å². The van der Waals surface area contributed by atoms with Gasteiger partial charge in [-0.15, -0.1) is 0 Å². The molecule has 2 fully saturated rings. The molecule has 1 saturated carbocycles. The van der Waals surface area contributed by atoms with Crippen LogP contribution in [0.3, 0.4) is 0 Å². The first kappa shape index (κ1) is 14.3. The van der Waals surface area contributed by atoms with E-state index in [0.29, 0.717) is 19.0 Å². The van der Waals surface area contributed by atoms with Crippen LogP contribution in [0.5, 0.6) is 0 Å². The fourth-order valence-electron chi connectivity index (χ4n) is 2.61. The molecule has 2 aliphatic rings. The molecule has 1 heterocycles. The van der Waals surface area contributed by atoms with Crippen LogP contribution in [-0.4, -0.2) is 49.1 Å². The summed E-state index contributed by atoms with van der Waals surface area (Å²) < 4.78 is 0. The van der Waals surface area contributed by atoms with Crippen molar-refractivity contribution >= 4 is 11.9 Å². The zero-order valence-corrected chi connectivity index (χ0v) is 11.4. The van der Waals surface area contributed by atoms with E-state index in [2.05, 4.69) is 15.5 Å². The summed E-state index contributed by atoms with van der Waals surface area (Å²) in [5.74, 6) is 0.522. The molecule has 1 aliphatic heterocycles. The van der Waals surface area contributed by atoms with Gasteiger partial charge in [0.05, 0.1) is 0 Å². The maximum atomic E-state index is 11.4. The van der Waals surface area contributed by atoms with Gasteiger partial charge in [0.15, 0.2) is 0 Å². The van der Waals surface area contributed by atoms with E-state index in [4.69, 9.17) is 5.73 Å². The molecule has 0 aromatic heterocycles. The Hall–Kier alpha value is -1.14. The van der Waals surface area contributed by atoms with Crippen LogP contribution in [0.15, 0.2) is 0 Å². The molecular weight excluding hydrogens is 244 g/mol. The van der Waals surface area contributed by atoms with Crippen molar-refractivity contribution in [3.05, 3.63) is 0 Å². The molecule has 6 heteroatoms. The van der Waals surface area contributed by atoms with Crippen molar-refractivity contribution in [1.82, 2.24) is 15.5 Å². The highest BCUT2D eigenvalue weighted by molar-refractivity contribution is 5.93. The predicted octanol–water partition coefficient (Wildman–Crippen LogP) is 0.0354. The summed E-state index contributed by atoms with van der Waals surface area (Å²) in [6.07, 6.45) is 5.41. The lowest BCUT2D eigenvalue weighted by Crippen LogP contribution is -2.41. The van der Waals surface area contributed by atoms with Gasteiger partial charge in [-0.25, -0.2) is 4.79 Å². The highest BCUT2D eigenvalue weighted by Crippen LogP contribution is 2.30. The Labute approximate surface area is 114 Å². The molecule has 1 aliphatic carbocycles. The van der Waals surface area contributed by atoms with Crippen molar-refractivity contribution in [2.24, 2.45) is 11.7 Å². The van der Waals surface area contributed by atoms with Gasteiger partial charge in [0.25, 0.3) is 0 Å². The zero-order chi connectivity index (χ0) is 13.7. The Balaban J connectivity index is 1.72. The first-order valence-corrected chi connectivity index (χ1v) is 7.18. The van der Waals surface area contributed by atoms with Crippen LogP contribution in [0, 0.1) is 5.92 Å². The SMILES string of the molecule is NC(=O)NC(=O)CCN(CC1CC1)CC1CCCN1. The first-order valence-electron chi connectivity index (χ1n) is 7.18. The van der Waals surface area contributed by atoms with Gasteiger partial charge in [-0.05, 0) is 38.1 Å². The van der Waals surface area contributed by atoms with E-state index in [9.17, 15) is 9.59 Å². The third-order valence-electron chi connectivity index (χ3n) is 3.77. The van der Waals surface area contributed by atoms with Crippen LogP contribution in [-0.2, 0) is 4.79 Å². The summed E-state index contributed by atoms with van der Waals surface area (Å²) in [5, 5.41) is 5.60. The van der Waals surface area contributed by atoms with Crippen molar-refractivity contribution < 1.29 is 9.59 Å². The molecule has 1 saturated heterocycles. The molecule has 2 rings (SSSR count). The predicted molar refractivity (Wildman–Crippen MR) is 72.5 cm³/mol. The minimum atomic E-state index is -0.767. The highest BCUT2D eigenvalue weighted by atomic mass is 16.2. The Morgan fingerprint density at radius 1 is 1.26 bits per heavy atom. The van der Waals surface area contributed by atoms with Gasteiger partial charge in [-0.1, -0.05) is 0 Å². The molecule has 108 valence electrons. The van der Waals surface area contributed by atoms with E-state index in [1.165, 1.54) is 25.7 Å². The van der Waals surface area contributed by atoms with Gasteiger partial charge < -0.3 is 16.0 Å². The van der Waals surface area contributed by atoms with Crippen LogP contribution in [0.25, 0.3) is 0 Å². The number of nitrogens with two attached hydrogens (primary N) is 1. The molecule has 1 unspecified atom stereocenters. The smallest absolute Gasteiger partial charge is 0.318 e. The zero-order valence-electron chi connectivity index (χ0n) is 11.4. The third-order valence-corrected chi connectivity index (χ3v) is 3.77. The maximum absolute atomic E-state index is 11.4. The largest absolute Gasteiger partial charge is 0.351 e. The second-order valence-corrected chi connectivity index (χ2v) is 5.66. The van der Waals surface area contributed by atoms with Gasteiger partial charge in [0.2, 0.25) is 5.91 Å². The van der Waals surface area contributed by atoms with E-state index in [-0.39, 0.29) is 5.91 Å². The fraction of sp³-hybridized carbons (Fsp3) is 0.846. The number of rotatable bonds is 7. The number of imide groups is 1. The van der Waals surface area contributed by atoms with E-state index in [0.717, 1.165) is 25.6 Å². The average Bonchev–Trinajstić information content (AvgIpc) is 3.00. The van der Waals surface area contributed by atoms with Gasteiger partial charge in [0, 0.05) is 32.1 Å². The quantitative estimate of drug-likeness (QED) is 0.608. The lowest BCUT2D eigenvalue weighted by Gasteiger charge is -2.25. The second kappa shape index (κ2) is 6.86. The topological polar surface area (TPSA) is 87.5 Å². The van der Waals surface area contributed by atoms with Crippen LogP contribution in [0.1, 0.15) is 32.1 Å². The number of amides is 3. The lowest BCUT2D eigenvalue weighted by molar-refractivity contribution is -0.120. The van der Waals surface area contributed by atoms with Crippen LogP contribution in [0.2, 0.25) is 0 Å². The van der Waals surface area contributed by atoms with E-state index >= 15 is 0 Å². The number of carbonyl (C=O) groups is 2. The van der Waals surface area contributed by atoms with Crippen LogP contribution in [0.4, 0.5) is 4.79 Å². The molecule has 3 amide bonds. The van der Waals surface area contributed by atoms with Crippen LogP contribution < -0.4 is 16.4 Å². The van der Waals surface area contributed by atoms with E-state index in [1.807, 2.05) is 0 Å². The Morgan fingerprint density at radius 2 is 2.05 bits per heavy atom. The summed E-state index contributed by atoms with van der Waals surface area (Å²) in [4.78, 5) is 24.4. The number of primary amides is 1. The van der Waals surface area contributed by atoms with E-state index < -0.39 is 6.03 Å². The summed E-state index contributed by atoms with van der Waals surface area (Å²) in [6, 6.07) is -0.214. The monoisotopic (exact) mass is 268 g/mol. The lowest BCUT2D eigenvalue weighted by atomic mass is 10.2. The number of nitrogens with zero attached hydrogens (tertiary/aromatic N) is 1. The Bertz CT molecular complexity index is 325. The summed E-state index contributed by atoms with van der Waals surface area (Å²) >= 11 is 0. The first-order chi connectivity index (χ1) is 9.13. The molecule has 0 spiro atoms. The molecule has 0 aromatic rings. The fourth-order valence-corrected chi connectivity index (χ4v) is 2.61. The van der Waals surface area contributed by atoms with Crippen molar-refractivity contribution in [2.75, 3.05) is 26.2 Å². The molecule has 0 radical (unpaired) electrons. The van der Waals surface area contributed by atoms with E-state index in [1.54, 1.807) is 0 Å². The molecule has 0 aromatic carbocycles. The minimum absolute atomic E-state index is 0.285. The minimum Gasteiger partial charge on any atom is -0.351 e. The maximum Gasteiger partial charge on any atom is 0.318 e. The standard InChI is InChI=1S/C13H24N4O2/c14-13(19)16-12(18)5-7-17(8-10-3-4-10)9-11-2-1-6-15-11/h10-11,15H,1-9H2,(H3,14,16,18,19). The average molecular weight is 268 g/mol. The third kappa shape index (κ3) is 5.57. The van der Waals surface area contributed by atoms with Crippen molar-refractivity contribution in [3.8, 4) is 0 Å². The van der Waals surface area contributed by atoms with Gasteiger partial charge >= 0.3 is 6.03 Å². The van der Waals surface area contributed by atoms with Gasteiger partial charge in [0.1, 0.15) is 0 Å². The van der Waals surface area contributed by atoms with Crippen molar-refractivity contribution in [1.29, 1.82) is 0 Å². The molecule has 4 N–H and O–H groups in total. The molecular formula is C13H24N4O2. The summed E-state index contributed by atoms with van der Waals surface area (Å²) in [5.41, 5.74) is 4.93. The molecule has 1 atom stereocenters. The van der Waals surface area contributed by atoms with Gasteiger partial charge in [-0.2, -0.15) is 0 Å². The van der Waals surface area contributed by atoms with Crippen LogP contribution >= 0.6 is 0 Å². The van der Waals surface area contributed by atoms with Crippen molar-refractivity contribution in [2.45, 2.75) is 38.1 Å². The highest BCUT2D eigenvalue weighted by Gasteiger charge is 2.26. The normalized spacial score (nSPS) is 22.7. The number of carbonyl (C=O) groups excluding carboxylic acids is 2. The number of hydrogen-bond acceptors (Lipinski definition) is 4. The summed E-state index contributed by atoms with van der Waals surface area (Å²) in [7, 11) is 0. The molecule has 6 nitrogen and oxygen atoms in total. The Morgan fingerprint density at radius 3 is 2.63 bits per heavy atom. The van der Waals surface area contributed by atoms with Gasteiger partial charge in [-0.3, -0.25) is 10.1 Å². The number of nitrogens with one attached hydrogen (secondary N) is 2. The Kier molecular flexibility index (Phi) is 5.15. The number of urea groups is 1. The number of hydrogen-bond donors (Lipinski definition) is 3. The summed E-state index contributed by atoms with van der Waals surface area (Å²) in [6.45, 7) is 3.88. The molecule has 0 bridgehead atoms. The second-order valence-electron chi connectivity index (χ2n) is 5.66. The molecule has 19 heavy (non-hydrogen) atoms.